The molecule has 0 fully saturated rings. The van der Waals surface area contributed by atoms with Crippen LogP contribution in [0.5, 0.6) is 5.75 Å². The van der Waals surface area contributed by atoms with Crippen molar-refractivity contribution in [3.8, 4) is 5.75 Å². The van der Waals surface area contributed by atoms with E-state index in [-0.39, 0.29) is 49.2 Å². The zero-order valence-electron chi connectivity index (χ0n) is 25.4. The second-order valence-electron chi connectivity index (χ2n) is 10.6. The van der Waals surface area contributed by atoms with Crippen LogP contribution in [0.2, 0.25) is 0 Å². The molecule has 0 unspecified atom stereocenters. The van der Waals surface area contributed by atoms with Gasteiger partial charge in [0.05, 0.1) is 12.0 Å². The van der Waals surface area contributed by atoms with Gasteiger partial charge in [-0.25, -0.2) is 17.5 Å². The molecule has 4 rings (SSSR count). The number of nitrogens with one attached hydrogen (secondary N) is 2. The van der Waals surface area contributed by atoms with Crippen LogP contribution in [0.3, 0.4) is 0 Å². The Hall–Kier alpha value is -4.54. The molecule has 236 valence electrons. The SMILES string of the molecule is CCNS(=O)(=O)c1ccc(CCC(=O)N(Cc2ccc(F)cc2)[C@H](Cc2ccccc2)C(=O)NCc2ccc(OC)cc2)cc1. The molecule has 4 aromatic carbocycles. The van der Waals surface area contributed by atoms with Gasteiger partial charge in [-0.15, -0.1) is 0 Å². The molecule has 0 radical (unpaired) electrons. The smallest absolute Gasteiger partial charge is 0.243 e. The van der Waals surface area contributed by atoms with Crippen LogP contribution in [0, 0.1) is 5.82 Å². The molecule has 0 bridgehead atoms. The van der Waals surface area contributed by atoms with E-state index in [1.165, 1.54) is 24.3 Å². The summed E-state index contributed by atoms with van der Waals surface area (Å²) in [5.41, 5.74) is 3.22. The lowest BCUT2D eigenvalue weighted by Crippen LogP contribution is -2.50. The van der Waals surface area contributed by atoms with E-state index in [2.05, 4.69) is 10.0 Å². The zero-order valence-corrected chi connectivity index (χ0v) is 26.2. The third-order valence-corrected chi connectivity index (χ3v) is 8.92. The number of halogens is 1. The Morgan fingerprint density at radius 1 is 0.822 bits per heavy atom. The highest BCUT2D eigenvalue weighted by molar-refractivity contribution is 7.89. The van der Waals surface area contributed by atoms with Crippen molar-refractivity contribution in [2.75, 3.05) is 13.7 Å². The summed E-state index contributed by atoms with van der Waals surface area (Å²) >= 11 is 0. The van der Waals surface area contributed by atoms with Gasteiger partial charge in [0.1, 0.15) is 17.6 Å². The fourth-order valence-corrected chi connectivity index (χ4v) is 5.94. The summed E-state index contributed by atoms with van der Waals surface area (Å²) in [6.45, 7) is 2.35. The Kier molecular flexibility index (Phi) is 11.8. The van der Waals surface area contributed by atoms with Gasteiger partial charge in [-0.05, 0) is 65.1 Å². The van der Waals surface area contributed by atoms with Gasteiger partial charge in [0.25, 0.3) is 0 Å². The lowest BCUT2D eigenvalue weighted by atomic mass is 10.0. The molecule has 0 aliphatic heterocycles. The number of hydrogen-bond acceptors (Lipinski definition) is 5. The molecule has 4 aromatic rings. The topological polar surface area (TPSA) is 105 Å². The summed E-state index contributed by atoms with van der Waals surface area (Å²) in [5, 5.41) is 2.99. The van der Waals surface area contributed by atoms with Gasteiger partial charge in [-0.3, -0.25) is 9.59 Å². The first kappa shape index (κ1) is 33.4. The summed E-state index contributed by atoms with van der Waals surface area (Å²) in [6, 6.07) is 28.2. The van der Waals surface area contributed by atoms with Gasteiger partial charge in [-0.2, -0.15) is 0 Å². The minimum absolute atomic E-state index is 0.0809. The molecule has 0 aromatic heterocycles. The summed E-state index contributed by atoms with van der Waals surface area (Å²) in [7, 11) is -2.01. The molecule has 45 heavy (non-hydrogen) atoms. The quantitative estimate of drug-likeness (QED) is 0.192. The summed E-state index contributed by atoms with van der Waals surface area (Å²) < 4.78 is 46.0. The van der Waals surface area contributed by atoms with E-state index in [9.17, 15) is 22.4 Å². The molecule has 8 nitrogen and oxygen atoms in total. The van der Waals surface area contributed by atoms with Crippen LogP contribution in [0.15, 0.2) is 108 Å². The lowest BCUT2D eigenvalue weighted by Gasteiger charge is -2.32. The number of benzene rings is 4. The Labute approximate surface area is 264 Å². The van der Waals surface area contributed by atoms with E-state index in [1.807, 2.05) is 54.6 Å². The molecule has 0 heterocycles. The van der Waals surface area contributed by atoms with Gasteiger partial charge in [0.2, 0.25) is 21.8 Å². The Bertz CT molecular complexity index is 1650. The number of carbonyl (C=O) groups is 2. The van der Waals surface area contributed by atoms with Crippen molar-refractivity contribution in [3.63, 3.8) is 0 Å². The molecule has 0 saturated carbocycles. The van der Waals surface area contributed by atoms with Crippen molar-refractivity contribution in [1.82, 2.24) is 14.9 Å². The highest BCUT2D eigenvalue weighted by atomic mass is 32.2. The predicted octanol–water partition coefficient (Wildman–Crippen LogP) is 5.02. The maximum absolute atomic E-state index is 13.9. The van der Waals surface area contributed by atoms with Gasteiger partial charge >= 0.3 is 0 Å². The fourth-order valence-electron chi connectivity index (χ4n) is 4.89. The van der Waals surface area contributed by atoms with Gasteiger partial charge in [-0.1, -0.05) is 73.7 Å². The van der Waals surface area contributed by atoms with Crippen molar-refractivity contribution in [1.29, 1.82) is 0 Å². The molecule has 0 spiro atoms. The zero-order chi connectivity index (χ0) is 32.2. The molecule has 0 aliphatic rings. The number of aryl methyl sites for hydroxylation is 1. The number of ether oxygens (including phenoxy) is 1. The normalized spacial score (nSPS) is 11.9. The molecule has 1 atom stereocenters. The monoisotopic (exact) mass is 631 g/mol. The maximum Gasteiger partial charge on any atom is 0.243 e. The number of rotatable bonds is 15. The van der Waals surface area contributed by atoms with Crippen LogP contribution in [-0.4, -0.2) is 44.8 Å². The van der Waals surface area contributed by atoms with Crippen LogP contribution in [0.4, 0.5) is 4.39 Å². The van der Waals surface area contributed by atoms with Crippen LogP contribution in [0.25, 0.3) is 0 Å². The first-order chi connectivity index (χ1) is 21.7. The standard InChI is InChI=1S/C35H38FN3O5S/c1-3-38-45(42,43)32-20-13-26(14-21-32)15-22-34(40)39(25-29-9-16-30(36)17-10-29)33(23-27-7-5-4-6-8-27)35(41)37-24-28-11-18-31(44-2)19-12-28/h4-14,16-21,33,38H,3,15,22-25H2,1-2H3,(H,37,41)/t33-/m1/s1. The lowest BCUT2D eigenvalue weighted by molar-refractivity contribution is -0.141. The van der Waals surface area contributed by atoms with Gasteiger partial charge in [0, 0.05) is 32.5 Å². The molecular formula is C35H38FN3O5S. The Balaban J connectivity index is 1.58. The summed E-state index contributed by atoms with van der Waals surface area (Å²) in [5.74, 6) is -0.265. The van der Waals surface area contributed by atoms with Crippen molar-refractivity contribution in [2.45, 2.75) is 50.2 Å². The number of sulfonamides is 1. The summed E-state index contributed by atoms with van der Waals surface area (Å²) in [6.07, 6.45) is 0.697. The molecule has 0 aliphatic carbocycles. The van der Waals surface area contributed by atoms with E-state index in [4.69, 9.17) is 4.74 Å². The molecule has 2 N–H and O–H groups in total. The third kappa shape index (κ3) is 9.72. The largest absolute Gasteiger partial charge is 0.497 e. The second kappa shape index (κ2) is 16.0. The van der Waals surface area contributed by atoms with Crippen molar-refractivity contribution in [2.24, 2.45) is 0 Å². The number of amides is 2. The van der Waals surface area contributed by atoms with E-state index in [1.54, 1.807) is 43.2 Å². The molecule has 2 amide bonds. The predicted molar refractivity (Wildman–Crippen MR) is 171 cm³/mol. The van der Waals surface area contributed by atoms with E-state index >= 15 is 0 Å². The van der Waals surface area contributed by atoms with Crippen LogP contribution < -0.4 is 14.8 Å². The number of nitrogens with zero attached hydrogens (tertiary/aromatic N) is 1. The second-order valence-corrected chi connectivity index (χ2v) is 12.3. The molecule has 10 heteroatoms. The van der Waals surface area contributed by atoms with Crippen molar-refractivity contribution in [3.05, 3.63) is 131 Å². The molecule has 0 saturated heterocycles. The van der Waals surface area contributed by atoms with Gasteiger partial charge in [0.15, 0.2) is 0 Å². The highest BCUT2D eigenvalue weighted by Crippen LogP contribution is 2.19. The Morgan fingerprint density at radius 3 is 2.07 bits per heavy atom. The summed E-state index contributed by atoms with van der Waals surface area (Å²) in [4.78, 5) is 29.5. The Morgan fingerprint density at radius 2 is 1.44 bits per heavy atom. The minimum atomic E-state index is -3.59. The van der Waals surface area contributed by atoms with Gasteiger partial charge < -0.3 is 15.0 Å². The van der Waals surface area contributed by atoms with E-state index < -0.39 is 21.9 Å². The van der Waals surface area contributed by atoms with E-state index in [0.717, 1.165) is 16.7 Å². The highest BCUT2D eigenvalue weighted by Gasteiger charge is 2.30. The van der Waals surface area contributed by atoms with Crippen molar-refractivity contribution >= 4 is 21.8 Å². The average Bonchev–Trinajstić information content (AvgIpc) is 3.06. The fraction of sp³-hybridized carbons (Fsp3) is 0.257. The first-order valence-corrected chi connectivity index (χ1v) is 16.2. The van der Waals surface area contributed by atoms with Crippen molar-refractivity contribution < 1.29 is 27.1 Å². The number of methoxy groups -OCH3 is 1. The van der Waals surface area contributed by atoms with Crippen LogP contribution in [0.1, 0.15) is 35.6 Å². The number of carbonyl (C=O) groups excluding carboxylic acids is 2. The third-order valence-electron chi connectivity index (χ3n) is 7.36. The van der Waals surface area contributed by atoms with E-state index in [0.29, 0.717) is 17.7 Å². The van der Waals surface area contributed by atoms with Crippen LogP contribution in [-0.2, 0) is 45.5 Å². The average molecular weight is 632 g/mol. The molecular weight excluding hydrogens is 593 g/mol. The maximum atomic E-state index is 13.9. The minimum Gasteiger partial charge on any atom is -0.497 e. The van der Waals surface area contributed by atoms with Crippen LogP contribution >= 0.6 is 0 Å². The number of hydrogen-bond donors (Lipinski definition) is 2. The first-order valence-electron chi connectivity index (χ1n) is 14.8.